The number of urea groups is 1. The number of hydrogen-bond donors (Lipinski definition) is 2. The maximum atomic E-state index is 12.6. The van der Waals surface area contributed by atoms with E-state index in [-0.39, 0.29) is 17.9 Å². The summed E-state index contributed by atoms with van der Waals surface area (Å²) in [5.41, 5.74) is 7.05. The fraction of sp³-hybridized carbons (Fsp3) is 0.500. The average molecular weight is 347 g/mol. The molecule has 0 aliphatic carbocycles. The summed E-state index contributed by atoms with van der Waals surface area (Å²) < 4.78 is 4.71. The number of benzene rings is 1. The lowest BCUT2D eigenvalue weighted by atomic mass is 9.93. The van der Waals surface area contributed by atoms with Crippen molar-refractivity contribution in [3.63, 3.8) is 0 Å². The number of nitrogens with two attached hydrogens (primary N) is 1. The first kappa shape index (κ1) is 18.8. The highest BCUT2D eigenvalue weighted by Gasteiger charge is 2.24. The molecule has 2 rings (SSSR count). The van der Waals surface area contributed by atoms with Crippen LogP contribution in [0.1, 0.15) is 41.6 Å². The molecule has 1 aromatic carbocycles. The normalized spacial score (nSPS) is 17.0. The van der Waals surface area contributed by atoms with Gasteiger partial charge in [-0.1, -0.05) is 6.07 Å². The third-order valence-corrected chi connectivity index (χ3v) is 4.51. The molecular weight excluding hydrogens is 322 g/mol. The van der Waals surface area contributed by atoms with E-state index in [0.717, 1.165) is 18.4 Å². The van der Waals surface area contributed by atoms with Crippen molar-refractivity contribution in [3.8, 4) is 0 Å². The smallest absolute Gasteiger partial charge is 0.337 e. The highest BCUT2D eigenvalue weighted by Crippen LogP contribution is 2.23. The van der Waals surface area contributed by atoms with Crippen molar-refractivity contribution in [1.82, 2.24) is 4.90 Å². The Labute approximate surface area is 147 Å². The van der Waals surface area contributed by atoms with E-state index in [9.17, 15) is 14.4 Å². The molecule has 136 valence electrons. The van der Waals surface area contributed by atoms with Crippen molar-refractivity contribution < 1.29 is 19.1 Å². The zero-order valence-corrected chi connectivity index (χ0v) is 14.7. The van der Waals surface area contributed by atoms with Gasteiger partial charge in [0.15, 0.2) is 0 Å². The molecule has 0 aromatic heterocycles. The van der Waals surface area contributed by atoms with Gasteiger partial charge in [0.1, 0.15) is 0 Å². The Morgan fingerprint density at radius 2 is 2.12 bits per heavy atom. The van der Waals surface area contributed by atoms with Crippen LogP contribution in [0.3, 0.4) is 0 Å². The molecule has 1 fully saturated rings. The first-order chi connectivity index (χ1) is 11.9. The highest BCUT2D eigenvalue weighted by atomic mass is 16.5. The summed E-state index contributed by atoms with van der Waals surface area (Å²) in [5.74, 6) is -0.466. The lowest BCUT2D eigenvalue weighted by Gasteiger charge is -2.32. The van der Waals surface area contributed by atoms with Gasteiger partial charge in [0.2, 0.25) is 5.91 Å². The molecule has 25 heavy (non-hydrogen) atoms. The lowest BCUT2D eigenvalue weighted by molar-refractivity contribution is -0.118. The standard InChI is InChI=1S/C18H25N3O4/c1-12-5-7-14(17(23)25-2)10-15(12)20-18(24)21-9-3-4-13(11-21)6-8-16(19)22/h5,7,10,13H,3-4,6,8-9,11H2,1-2H3,(H2,19,22)(H,20,24)/t13-/m1/s1. The first-order valence-corrected chi connectivity index (χ1v) is 8.44. The summed E-state index contributed by atoms with van der Waals surface area (Å²) in [7, 11) is 1.32. The number of carbonyl (C=O) groups is 3. The van der Waals surface area contributed by atoms with Gasteiger partial charge in [0.25, 0.3) is 0 Å². The number of nitrogens with zero attached hydrogens (tertiary/aromatic N) is 1. The predicted octanol–water partition coefficient (Wildman–Crippen LogP) is 2.29. The third kappa shape index (κ3) is 5.20. The maximum absolute atomic E-state index is 12.6. The Bertz CT molecular complexity index is 660. The second kappa shape index (κ2) is 8.50. The van der Waals surface area contributed by atoms with Gasteiger partial charge in [-0.15, -0.1) is 0 Å². The molecule has 1 saturated heterocycles. The third-order valence-electron chi connectivity index (χ3n) is 4.51. The van der Waals surface area contributed by atoms with Crippen molar-refractivity contribution in [2.75, 3.05) is 25.5 Å². The van der Waals surface area contributed by atoms with Crippen LogP contribution in [0, 0.1) is 12.8 Å². The Kier molecular flexibility index (Phi) is 6.38. The predicted molar refractivity (Wildman–Crippen MR) is 94.3 cm³/mol. The number of carbonyl (C=O) groups excluding carboxylic acids is 3. The van der Waals surface area contributed by atoms with E-state index in [2.05, 4.69) is 5.32 Å². The van der Waals surface area contributed by atoms with Gasteiger partial charge in [-0.25, -0.2) is 9.59 Å². The molecule has 3 amide bonds. The van der Waals surface area contributed by atoms with E-state index < -0.39 is 5.97 Å². The van der Waals surface area contributed by atoms with Crippen molar-refractivity contribution in [3.05, 3.63) is 29.3 Å². The molecule has 0 spiro atoms. The van der Waals surface area contributed by atoms with E-state index in [4.69, 9.17) is 10.5 Å². The van der Waals surface area contributed by atoms with E-state index in [1.807, 2.05) is 6.92 Å². The molecule has 1 aromatic rings. The minimum Gasteiger partial charge on any atom is -0.465 e. The van der Waals surface area contributed by atoms with Crippen LogP contribution in [0.4, 0.5) is 10.5 Å². The fourth-order valence-electron chi connectivity index (χ4n) is 3.03. The number of piperidine rings is 1. The molecule has 3 N–H and O–H groups in total. The summed E-state index contributed by atoms with van der Waals surface area (Å²) in [6.07, 6.45) is 2.95. The van der Waals surface area contributed by atoms with Crippen LogP contribution in [-0.4, -0.2) is 43.0 Å². The molecule has 0 saturated carbocycles. The van der Waals surface area contributed by atoms with Crippen LogP contribution in [0.15, 0.2) is 18.2 Å². The second-order valence-electron chi connectivity index (χ2n) is 6.41. The number of amides is 3. The van der Waals surface area contributed by atoms with Gasteiger partial charge in [0, 0.05) is 25.2 Å². The van der Waals surface area contributed by atoms with E-state index in [1.54, 1.807) is 23.1 Å². The Balaban J connectivity index is 2.01. The van der Waals surface area contributed by atoms with Crippen LogP contribution in [0.25, 0.3) is 0 Å². The molecule has 0 radical (unpaired) electrons. The fourth-order valence-corrected chi connectivity index (χ4v) is 3.03. The minimum atomic E-state index is -0.444. The van der Waals surface area contributed by atoms with Gasteiger partial charge < -0.3 is 20.7 Å². The summed E-state index contributed by atoms with van der Waals surface area (Å²) in [4.78, 5) is 36.9. The van der Waals surface area contributed by atoms with Gasteiger partial charge in [-0.2, -0.15) is 0 Å². The Morgan fingerprint density at radius 3 is 2.80 bits per heavy atom. The molecule has 1 aliphatic rings. The van der Waals surface area contributed by atoms with E-state index in [0.29, 0.717) is 37.2 Å². The number of methoxy groups -OCH3 is 1. The molecule has 7 nitrogen and oxygen atoms in total. The Morgan fingerprint density at radius 1 is 1.36 bits per heavy atom. The molecule has 1 heterocycles. The van der Waals surface area contributed by atoms with Crippen LogP contribution in [0.5, 0.6) is 0 Å². The lowest BCUT2D eigenvalue weighted by Crippen LogP contribution is -2.42. The van der Waals surface area contributed by atoms with Crippen LogP contribution >= 0.6 is 0 Å². The summed E-state index contributed by atoms with van der Waals surface area (Å²) in [6, 6.07) is 4.85. The highest BCUT2D eigenvalue weighted by molar-refractivity contribution is 5.94. The first-order valence-electron chi connectivity index (χ1n) is 8.44. The molecule has 0 bridgehead atoms. The van der Waals surface area contributed by atoms with Crippen molar-refractivity contribution >= 4 is 23.6 Å². The van der Waals surface area contributed by atoms with Crippen molar-refractivity contribution in [2.24, 2.45) is 11.7 Å². The summed E-state index contributed by atoms with van der Waals surface area (Å²) >= 11 is 0. The second-order valence-corrected chi connectivity index (χ2v) is 6.41. The topological polar surface area (TPSA) is 102 Å². The Hall–Kier alpha value is -2.57. The van der Waals surface area contributed by atoms with Crippen LogP contribution in [0.2, 0.25) is 0 Å². The number of rotatable bonds is 5. The molecular formula is C18H25N3O4. The van der Waals surface area contributed by atoms with Crippen molar-refractivity contribution in [1.29, 1.82) is 0 Å². The van der Waals surface area contributed by atoms with E-state index >= 15 is 0 Å². The minimum absolute atomic E-state index is 0.200. The number of nitrogens with one attached hydrogen (secondary N) is 1. The number of ether oxygens (including phenoxy) is 1. The van der Waals surface area contributed by atoms with Gasteiger partial charge in [-0.05, 0) is 49.8 Å². The van der Waals surface area contributed by atoms with Gasteiger partial charge in [-0.3, -0.25) is 4.79 Å². The largest absolute Gasteiger partial charge is 0.465 e. The number of aryl methyl sites for hydroxylation is 1. The quantitative estimate of drug-likeness (QED) is 0.798. The van der Waals surface area contributed by atoms with Gasteiger partial charge >= 0.3 is 12.0 Å². The number of anilines is 1. The molecule has 0 unspecified atom stereocenters. The SMILES string of the molecule is COC(=O)c1ccc(C)c(NC(=O)N2CCC[C@H](CCC(N)=O)C2)c1. The molecule has 7 heteroatoms. The molecule has 1 atom stereocenters. The number of primary amides is 1. The van der Waals surface area contributed by atoms with Crippen LogP contribution in [-0.2, 0) is 9.53 Å². The summed E-state index contributed by atoms with van der Waals surface area (Å²) in [6.45, 7) is 3.14. The zero-order valence-electron chi connectivity index (χ0n) is 14.7. The number of esters is 1. The number of hydrogen-bond acceptors (Lipinski definition) is 4. The molecule has 1 aliphatic heterocycles. The maximum Gasteiger partial charge on any atom is 0.337 e. The average Bonchev–Trinajstić information content (AvgIpc) is 2.61. The van der Waals surface area contributed by atoms with Crippen molar-refractivity contribution in [2.45, 2.75) is 32.6 Å². The van der Waals surface area contributed by atoms with E-state index in [1.165, 1.54) is 7.11 Å². The monoisotopic (exact) mass is 347 g/mol. The zero-order chi connectivity index (χ0) is 18.4. The van der Waals surface area contributed by atoms with Gasteiger partial charge in [0.05, 0.1) is 12.7 Å². The number of likely N-dealkylation sites (tertiary alicyclic amines) is 1. The van der Waals surface area contributed by atoms with Crippen LogP contribution < -0.4 is 11.1 Å². The summed E-state index contributed by atoms with van der Waals surface area (Å²) in [5, 5.41) is 2.87.